The highest BCUT2D eigenvalue weighted by atomic mass is 35.5. The van der Waals surface area contributed by atoms with Crippen LogP contribution in [0, 0.1) is 5.92 Å². The van der Waals surface area contributed by atoms with Crippen molar-refractivity contribution < 1.29 is 19.5 Å². The highest BCUT2D eigenvalue weighted by Crippen LogP contribution is 2.26. The minimum absolute atomic E-state index is 0.134. The van der Waals surface area contributed by atoms with E-state index in [1.165, 1.54) is 6.92 Å². The minimum atomic E-state index is -1.07. The number of carboxylic acid groups (broad SMARTS) is 1. The van der Waals surface area contributed by atoms with Crippen LogP contribution in [0.1, 0.15) is 47.3 Å². The van der Waals surface area contributed by atoms with E-state index in [2.05, 4.69) is 20.6 Å². The molecule has 35 heavy (non-hydrogen) atoms. The highest BCUT2D eigenvalue weighted by Gasteiger charge is 2.25. The Balaban J connectivity index is 1.70. The predicted molar refractivity (Wildman–Crippen MR) is 131 cm³/mol. The van der Waals surface area contributed by atoms with Gasteiger partial charge in [0.2, 0.25) is 0 Å². The van der Waals surface area contributed by atoms with E-state index in [1.807, 2.05) is 48.5 Å². The number of nitrogens with one attached hydrogen (secondary N) is 3. The van der Waals surface area contributed by atoms with E-state index in [1.54, 1.807) is 13.8 Å². The summed E-state index contributed by atoms with van der Waals surface area (Å²) in [5.41, 5.74) is 0.942. The third kappa shape index (κ3) is 6.33. The fourth-order valence-corrected chi connectivity index (χ4v) is 3.36. The van der Waals surface area contributed by atoms with E-state index in [-0.39, 0.29) is 17.9 Å². The summed E-state index contributed by atoms with van der Waals surface area (Å²) in [5, 5.41) is 14.7. The number of aliphatic carboxylic acids is 1. The molecule has 0 bridgehead atoms. The molecule has 0 saturated heterocycles. The van der Waals surface area contributed by atoms with Crippen molar-refractivity contribution in [2.24, 2.45) is 5.92 Å². The van der Waals surface area contributed by atoms with Gasteiger partial charge in [-0.1, -0.05) is 54.9 Å². The number of hydrogen-bond donors (Lipinski definition) is 4. The van der Waals surface area contributed by atoms with Gasteiger partial charge < -0.3 is 20.7 Å². The number of carbonyl (C=O) groups excluding carboxylic acids is 2. The van der Waals surface area contributed by atoms with Crippen LogP contribution in [-0.2, 0) is 10.3 Å². The van der Waals surface area contributed by atoms with E-state index in [4.69, 9.17) is 16.7 Å². The van der Waals surface area contributed by atoms with Crippen LogP contribution < -0.4 is 16.2 Å². The van der Waals surface area contributed by atoms with Gasteiger partial charge in [0.1, 0.15) is 5.56 Å². The first-order valence-electron chi connectivity index (χ1n) is 10.8. The van der Waals surface area contributed by atoms with Crippen LogP contribution in [0.5, 0.6) is 0 Å². The van der Waals surface area contributed by atoms with Crippen molar-refractivity contribution >= 4 is 29.4 Å². The van der Waals surface area contributed by atoms with Crippen molar-refractivity contribution in [1.29, 1.82) is 0 Å². The van der Waals surface area contributed by atoms with Crippen molar-refractivity contribution in [3.63, 3.8) is 0 Å². The van der Waals surface area contributed by atoms with Gasteiger partial charge in [0.25, 0.3) is 17.4 Å². The molecular formula is C25H25ClN4O5. The van der Waals surface area contributed by atoms with Gasteiger partial charge in [0, 0.05) is 17.8 Å². The molecule has 182 valence electrons. The molecule has 0 saturated carbocycles. The lowest BCUT2D eigenvalue weighted by Gasteiger charge is -2.27. The van der Waals surface area contributed by atoms with Crippen LogP contribution in [0.15, 0.2) is 59.5 Å². The third-order valence-corrected chi connectivity index (χ3v) is 5.71. The maximum absolute atomic E-state index is 12.8. The molecule has 10 heteroatoms. The number of carbonyl (C=O) groups is 3. The average Bonchev–Trinajstić information content (AvgIpc) is 2.82. The molecule has 0 aliphatic heterocycles. The SMILES string of the molecule is C[C@H](CNC(=O)c1ncc(C(=O)NC(C)(C)c2ccc(-c3ccc(Cl)cc3)cc2)c(=O)[nH]1)C(=O)O. The summed E-state index contributed by atoms with van der Waals surface area (Å²) in [6, 6.07) is 15.1. The zero-order valence-corrected chi connectivity index (χ0v) is 20.1. The molecule has 0 aliphatic carbocycles. The standard InChI is InChI=1S/C25H25ClN4O5/c1-14(24(34)35)12-28-23(33)20-27-13-19(21(31)29-20)22(32)30-25(2,3)17-8-4-15(5-9-17)16-6-10-18(26)11-7-16/h4-11,13-14H,12H2,1-3H3,(H,28,33)(H,30,32)(H,34,35)(H,27,29,31)/t14-/m1/s1. The molecule has 0 unspecified atom stereocenters. The molecule has 2 amide bonds. The molecule has 0 spiro atoms. The number of H-pyrrole nitrogens is 1. The highest BCUT2D eigenvalue weighted by molar-refractivity contribution is 6.30. The number of amides is 2. The predicted octanol–water partition coefficient (Wildman–Crippen LogP) is 3.21. The van der Waals surface area contributed by atoms with Crippen LogP contribution >= 0.6 is 11.6 Å². The molecule has 0 radical (unpaired) electrons. The normalized spacial score (nSPS) is 12.0. The summed E-state index contributed by atoms with van der Waals surface area (Å²) >= 11 is 5.95. The van der Waals surface area contributed by atoms with Crippen LogP contribution in [0.4, 0.5) is 0 Å². The molecule has 3 aromatic rings. The van der Waals surface area contributed by atoms with Gasteiger partial charge in [-0.05, 0) is 42.7 Å². The second-order valence-corrected chi connectivity index (χ2v) is 9.02. The molecule has 4 N–H and O–H groups in total. The lowest BCUT2D eigenvalue weighted by atomic mass is 9.92. The average molecular weight is 497 g/mol. The number of hydrogen-bond acceptors (Lipinski definition) is 5. The van der Waals surface area contributed by atoms with Gasteiger partial charge in [-0.3, -0.25) is 19.2 Å². The molecule has 1 heterocycles. The van der Waals surface area contributed by atoms with E-state index in [0.717, 1.165) is 22.9 Å². The summed E-state index contributed by atoms with van der Waals surface area (Å²) < 4.78 is 0. The quantitative estimate of drug-likeness (QED) is 0.377. The zero-order chi connectivity index (χ0) is 25.8. The van der Waals surface area contributed by atoms with Crippen molar-refractivity contribution in [3.8, 4) is 11.1 Å². The first kappa shape index (κ1) is 25.6. The lowest BCUT2D eigenvalue weighted by molar-refractivity contribution is -0.140. The maximum Gasteiger partial charge on any atom is 0.308 e. The Morgan fingerprint density at radius 1 is 1.03 bits per heavy atom. The zero-order valence-electron chi connectivity index (χ0n) is 19.4. The second-order valence-electron chi connectivity index (χ2n) is 8.59. The molecule has 3 rings (SSSR count). The fraction of sp³-hybridized carbons (Fsp3) is 0.240. The smallest absolute Gasteiger partial charge is 0.308 e. The Morgan fingerprint density at radius 2 is 1.60 bits per heavy atom. The summed E-state index contributed by atoms with van der Waals surface area (Å²) in [7, 11) is 0. The van der Waals surface area contributed by atoms with Gasteiger partial charge in [-0.25, -0.2) is 4.98 Å². The largest absolute Gasteiger partial charge is 0.481 e. The summed E-state index contributed by atoms with van der Waals surface area (Å²) in [4.78, 5) is 54.3. The maximum atomic E-state index is 12.8. The van der Waals surface area contributed by atoms with E-state index >= 15 is 0 Å². The van der Waals surface area contributed by atoms with Gasteiger partial charge >= 0.3 is 5.97 Å². The summed E-state index contributed by atoms with van der Waals surface area (Å²) in [5.74, 6) is -3.60. The van der Waals surface area contributed by atoms with Crippen LogP contribution in [0.25, 0.3) is 11.1 Å². The van der Waals surface area contributed by atoms with Gasteiger partial charge in [-0.2, -0.15) is 0 Å². The number of aromatic amines is 1. The minimum Gasteiger partial charge on any atom is -0.481 e. The first-order valence-corrected chi connectivity index (χ1v) is 11.1. The van der Waals surface area contributed by atoms with Crippen LogP contribution in [0.3, 0.4) is 0 Å². The monoisotopic (exact) mass is 496 g/mol. The van der Waals surface area contributed by atoms with Crippen molar-refractivity contribution in [3.05, 3.63) is 87.1 Å². The van der Waals surface area contributed by atoms with Crippen molar-refractivity contribution in [2.75, 3.05) is 6.54 Å². The molecule has 0 fully saturated rings. The number of halogens is 1. The molecule has 9 nitrogen and oxygen atoms in total. The van der Waals surface area contributed by atoms with Crippen LogP contribution in [-0.4, -0.2) is 39.4 Å². The summed E-state index contributed by atoms with van der Waals surface area (Å²) in [6.07, 6.45) is 1.02. The second kappa shape index (κ2) is 10.5. The Hall–Kier alpha value is -3.98. The molecule has 1 atom stereocenters. The Bertz CT molecular complexity index is 1300. The third-order valence-electron chi connectivity index (χ3n) is 5.46. The molecule has 1 aromatic heterocycles. The number of nitrogens with zero attached hydrogens (tertiary/aromatic N) is 1. The van der Waals surface area contributed by atoms with Gasteiger partial charge in [0.15, 0.2) is 5.82 Å². The first-order chi connectivity index (χ1) is 16.5. The van der Waals surface area contributed by atoms with Crippen molar-refractivity contribution in [2.45, 2.75) is 26.3 Å². The van der Waals surface area contributed by atoms with E-state index in [0.29, 0.717) is 5.02 Å². The molecular weight excluding hydrogens is 472 g/mol. The van der Waals surface area contributed by atoms with Crippen LogP contribution in [0.2, 0.25) is 5.02 Å². The molecule has 2 aromatic carbocycles. The van der Waals surface area contributed by atoms with Gasteiger partial charge in [-0.15, -0.1) is 0 Å². The molecule has 0 aliphatic rings. The summed E-state index contributed by atoms with van der Waals surface area (Å²) in [6.45, 7) is 4.90. The van der Waals surface area contributed by atoms with E-state index in [9.17, 15) is 19.2 Å². The number of carboxylic acids is 1. The lowest BCUT2D eigenvalue weighted by Crippen LogP contribution is -2.43. The fourth-order valence-electron chi connectivity index (χ4n) is 3.23. The van der Waals surface area contributed by atoms with Gasteiger partial charge in [0.05, 0.1) is 11.5 Å². The number of aromatic nitrogens is 2. The van der Waals surface area contributed by atoms with E-state index < -0.39 is 34.8 Å². The Labute approximate surface area is 206 Å². The topological polar surface area (TPSA) is 141 Å². The Kier molecular flexibility index (Phi) is 7.71. The van der Waals surface area contributed by atoms with Crippen molar-refractivity contribution in [1.82, 2.24) is 20.6 Å². The Morgan fingerprint density at radius 3 is 2.14 bits per heavy atom. The number of rotatable bonds is 8. The number of benzene rings is 2.